The maximum atomic E-state index is 8.80. The standard InChI is InChI=1S/C14H9Cl2NO/c15-12-4-5-14(13(16)7-12)18-9-11-3-1-2-10(6-11)8-17/h1-7H,9H2. The normalized spacial score (nSPS) is 9.83. The second-order valence-corrected chi connectivity index (χ2v) is 4.52. The number of hydrogen-bond acceptors (Lipinski definition) is 2. The smallest absolute Gasteiger partial charge is 0.138 e. The topological polar surface area (TPSA) is 33.0 Å². The lowest BCUT2D eigenvalue weighted by Gasteiger charge is -2.08. The zero-order chi connectivity index (χ0) is 13.0. The molecule has 2 aromatic carbocycles. The Morgan fingerprint density at radius 2 is 1.94 bits per heavy atom. The second kappa shape index (κ2) is 5.77. The highest BCUT2D eigenvalue weighted by molar-refractivity contribution is 6.35. The van der Waals surface area contributed by atoms with Crippen molar-refractivity contribution >= 4 is 23.2 Å². The number of benzene rings is 2. The van der Waals surface area contributed by atoms with Gasteiger partial charge in [0.1, 0.15) is 12.4 Å². The van der Waals surface area contributed by atoms with E-state index in [1.54, 1.807) is 30.3 Å². The van der Waals surface area contributed by atoms with E-state index in [1.807, 2.05) is 12.1 Å². The molecule has 0 saturated heterocycles. The highest BCUT2D eigenvalue weighted by atomic mass is 35.5. The van der Waals surface area contributed by atoms with Crippen LogP contribution in [0.4, 0.5) is 0 Å². The summed E-state index contributed by atoms with van der Waals surface area (Å²) in [5.41, 5.74) is 1.53. The van der Waals surface area contributed by atoms with Gasteiger partial charge in [-0.15, -0.1) is 0 Å². The molecule has 2 nitrogen and oxygen atoms in total. The summed E-state index contributed by atoms with van der Waals surface area (Å²) in [7, 11) is 0. The molecule has 0 aliphatic heterocycles. The molecule has 0 N–H and O–H groups in total. The van der Waals surface area contributed by atoms with Gasteiger partial charge in [0.2, 0.25) is 0 Å². The monoisotopic (exact) mass is 277 g/mol. The Bertz CT molecular complexity index is 605. The van der Waals surface area contributed by atoms with Gasteiger partial charge >= 0.3 is 0 Å². The molecule has 0 heterocycles. The molecule has 2 aromatic rings. The zero-order valence-electron chi connectivity index (χ0n) is 9.36. The van der Waals surface area contributed by atoms with Gasteiger partial charge in [-0.2, -0.15) is 5.26 Å². The molecule has 90 valence electrons. The van der Waals surface area contributed by atoms with Crippen LogP contribution in [0.3, 0.4) is 0 Å². The van der Waals surface area contributed by atoms with Gasteiger partial charge in [-0.1, -0.05) is 35.3 Å². The highest BCUT2D eigenvalue weighted by Gasteiger charge is 2.03. The molecule has 0 unspecified atom stereocenters. The van der Waals surface area contributed by atoms with Crippen LogP contribution in [0.25, 0.3) is 0 Å². The van der Waals surface area contributed by atoms with Gasteiger partial charge < -0.3 is 4.74 Å². The van der Waals surface area contributed by atoms with E-state index in [9.17, 15) is 0 Å². The third kappa shape index (κ3) is 3.16. The van der Waals surface area contributed by atoms with Crippen molar-refractivity contribution in [3.05, 3.63) is 63.6 Å². The lowest BCUT2D eigenvalue weighted by molar-refractivity contribution is 0.306. The molecule has 0 aromatic heterocycles. The summed E-state index contributed by atoms with van der Waals surface area (Å²) < 4.78 is 5.58. The maximum Gasteiger partial charge on any atom is 0.138 e. The summed E-state index contributed by atoms with van der Waals surface area (Å²) in [5.74, 6) is 0.573. The fourth-order valence-corrected chi connectivity index (χ4v) is 1.95. The van der Waals surface area contributed by atoms with E-state index in [2.05, 4.69) is 6.07 Å². The molecule has 0 aliphatic rings. The van der Waals surface area contributed by atoms with Crippen molar-refractivity contribution in [3.63, 3.8) is 0 Å². The minimum atomic E-state index is 0.358. The second-order valence-electron chi connectivity index (χ2n) is 3.68. The van der Waals surface area contributed by atoms with Crippen molar-refractivity contribution in [1.29, 1.82) is 5.26 Å². The highest BCUT2D eigenvalue weighted by Crippen LogP contribution is 2.28. The predicted octanol–water partition coefficient (Wildman–Crippen LogP) is 4.44. The minimum Gasteiger partial charge on any atom is -0.487 e. The van der Waals surface area contributed by atoms with Crippen LogP contribution in [0.15, 0.2) is 42.5 Å². The van der Waals surface area contributed by atoms with Crippen LogP contribution in [-0.2, 0) is 6.61 Å². The van der Waals surface area contributed by atoms with E-state index in [0.717, 1.165) is 5.56 Å². The van der Waals surface area contributed by atoms with Crippen LogP contribution >= 0.6 is 23.2 Å². The van der Waals surface area contributed by atoms with Gasteiger partial charge in [0.05, 0.1) is 16.7 Å². The van der Waals surface area contributed by atoms with E-state index in [0.29, 0.717) is 28.0 Å². The first-order valence-electron chi connectivity index (χ1n) is 5.26. The van der Waals surface area contributed by atoms with E-state index in [4.69, 9.17) is 33.2 Å². The van der Waals surface area contributed by atoms with E-state index in [-0.39, 0.29) is 0 Å². The molecule has 0 aliphatic carbocycles. The molecular weight excluding hydrogens is 269 g/mol. The first-order valence-corrected chi connectivity index (χ1v) is 6.01. The molecule has 2 rings (SSSR count). The van der Waals surface area contributed by atoms with Gasteiger partial charge in [-0.05, 0) is 35.9 Å². The third-order valence-corrected chi connectivity index (χ3v) is 2.87. The van der Waals surface area contributed by atoms with Crippen LogP contribution in [0.2, 0.25) is 10.0 Å². The average molecular weight is 278 g/mol. The lowest BCUT2D eigenvalue weighted by Crippen LogP contribution is -1.96. The molecule has 0 fully saturated rings. The molecule has 0 radical (unpaired) electrons. The quantitative estimate of drug-likeness (QED) is 0.831. The van der Waals surface area contributed by atoms with E-state index >= 15 is 0 Å². The molecule has 0 amide bonds. The van der Waals surface area contributed by atoms with Crippen LogP contribution in [0.5, 0.6) is 5.75 Å². The largest absolute Gasteiger partial charge is 0.487 e. The predicted molar refractivity (Wildman–Crippen MR) is 72.0 cm³/mol. The molecule has 18 heavy (non-hydrogen) atoms. The van der Waals surface area contributed by atoms with E-state index in [1.165, 1.54) is 0 Å². The molecule has 0 saturated carbocycles. The Hall–Kier alpha value is -1.69. The van der Waals surface area contributed by atoms with Crippen LogP contribution in [0, 0.1) is 11.3 Å². The Morgan fingerprint density at radius 1 is 1.11 bits per heavy atom. The van der Waals surface area contributed by atoms with Crippen molar-refractivity contribution in [2.75, 3.05) is 0 Å². The molecular formula is C14H9Cl2NO. The van der Waals surface area contributed by atoms with Gasteiger partial charge in [-0.3, -0.25) is 0 Å². The van der Waals surface area contributed by atoms with Crippen molar-refractivity contribution < 1.29 is 4.74 Å². The fraction of sp³-hybridized carbons (Fsp3) is 0.0714. The number of ether oxygens (including phenoxy) is 1. The summed E-state index contributed by atoms with van der Waals surface area (Å²) in [6, 6.07) is 14.4. The molecule has 4 heteroatoms. The Kier molecular flexibility index (Phi) is 4.09. The summed E-state index contributed by atoms with van der Waals surface area (Å²) in [6.07, 6.45) is 0. The Balaban J connectivity index is 2.09. The Labute approximate surface area is 115 Å². The van der Waals surface area contributed by atoms with Crippen molar-refractivity contribution in [3.8, 4) is 11.8 Å². The summed E-state index contributed by atoms with van der Waals surface area (Å²) in [6.45, 7) is 0.358. The minimum absolute atomic E-state index is 0.358. The van der Waals surface area contributed by atoms with Gasteiger partial charge in [-0.25, -0.2) is 0 Å². The lowest BCUT2D eigenvalue weighted by atomic mass is 10.1. The molecule has 0 atom stereocenters. The number of rotatable bonds is 3. The number of halogens is 2. The van der Waals surface area contributed by atoms with Crippen LogP contribution in [0.1, 0.15) is 11.1 Å². The van der Waals surface area contributed by atoms with Crippen LogP contribution < -0.4 is 4.74 Å². The summed E-state index contributed by atoms with van der Waals surface area (Å²) in [4.78, 5) is 0. The SMILES string of the molecule is N#Cc1cccc(COc2ccc(Cl)cc2Cl)c1. The molecule has 0 spiro atoms. The van der Waals surface area contributed by atoms with Crippen molar-refractivity contribution in [1.82, 2.24) is 0 Å². The van der Waals surface area contributed by atoms with E-state index < -0.39 is 0 Å². The summed E-state index contributed by atoms with van der Waals surface area (Å²) in [5, 5.41) is 9.83. The van der Waals surface area contributed by atoms with Gasteiger partial charge in [0.25, 0.3) is 0 Å². The van der Waals surface area contributed by atoms with Crippen molar-refractivity contribution in [2.45, 2.75) is 6.61 Å². The van der Waals surface area contributed by atoms with Crippen molar-refractivity contribution in [2.24, 2.45) is 0 Å². The number of nitrogens with zero attached hydrogens (tertiary/aromatic N) is 1. The number of nitriles is 1. The first kappa shape index (κ1) is 12.8. The van der Waals surface area contributed by atoms with Crippen LogP contribution in [-0.4, -0.2) is 0 Å². The Morgan fingerprint density at radius 3 is 2.67 bits per heavy atom. The third-order valence-electron chi connectivity index (χ3n) is 2.34. The maximum absolute atomic E-state index is 8.80. The number of hydrogen-bond donors (Lipinski definition) is 0. The average Bonchev–Trinajstić information content (AvgIpc) is 2.38. The van der Waals surface area contributed by atoms with Gasteiger partial charge in [0, 0.05) is 5.02 Å². The zero-order valence-corrected chi connectivity index (χ0v) is 10.9. The first-order chi connectivity index (χ1) is 8.69. The summed E-state index contributed by atoms with van der Waals surface area (Å²) >= 11 is 11.8. The molecule has 0 bridgehead atoms. The fourth-order valence-electron chi connectivity index (χ4n) is 1.48. The van der Waals surface area contributed by atoms with Gasteiger partial charge in [0.15, 0.2) is 0 Å².